The van der Waals surface area contributed by atoms with Crippen molar-refractivity contribution in [2.24, 2.45) is 11.8 Å². The van der Waals surface area contributed by atoms with E-state index >= 15 is 0 Å². The van der Waals surface area contributed by atoms with Crippen molar-refractivity contribution < 1.29 is 15.0 Å². The normalized spacial score (nSPS) is 16.8. The van der Waals surface area contributed by atoms with Gasteiger partial charge in [-0.3, -0.25) is 9.48 Å². The minimum absolute atomic E-state index is 0.341. The van der Waals surface area contributed by atoms with Gasteiger partial charge in [-0.25, -0.2) is 0 Å². The maximum Gasteiger partial charge on any atom is 0.306 e. The molecular weight excluding hydrogens is 208 g/mol. The first kappa shape index (κ1) is 12.7. The number of hydrogen-bond acceptors (Lipinski definition) is 3. The van der Waals surface area contributed by atoms with Crippen LogP contribution >= 0.6 is 0 Å². The predicted molar refractivity (Wildman–Crippen MR) is 58.8 cm³/mol. The number of aromatic nitrogens is 2. The molecule has 3 atom stereocenters. The van der Waals surface area contributed by atoms with Crippen molar-refractivity contribution in [1.82, 2.24) is 9.78 Å². The fraction of sp³-hybridized carbons (Fsp3) is 0.636. The zero-order valence-corrected chi connectivity index (χ0v) is 9.79. The average Bonchev–Trinajstić information content (AvgIpc) is 2.74. The molecule has 1 rings (SSSR count). The summed E-state index contributed by atoms with van der Waals surface area (Å²) >= 11 is 0. The molecule has 0 radical (unpaired) electrons. The fourth-order valence-corrected chi connectivity index (χ4v) is 1.51. The molecule has 1 heterocycles. The number of rotatable bonds is 5. The van der Waals surface area contributed by atoms with Crippen LogP contribution in [0.4, 0.5) is 0 Å². The van der Waals surface area contributed by atoms with Crippen molar-refractivity contribution in [3.8, 4) is 0 Å². The van der Waals surface area contributed by atoms with Crippen molar-refractivity contribution >= 4 is 5.97 Å². The number of hydrogen-bond donors (Lipinski definition) is 2. The van der Waals surface area contributed by atoms with Gasteiger partial charge in [0.1, 0.15) is 0 Å². The number of aliphatic hydroxyl groups is 1. The van der Waals surface area contributed by atoms with E-state index in [-0.39, 0.29) is 5.92 Å². The molecule has 0 amide bonds. The first-order chi connectivity index (χ1) is 7.47. The molecule has 90 valence electrons. The maximum atomic E-state index is 10.8. The maximum absolute atomic E-state index is 10.8. The highest BCUT2D eigenvalue weighted by atomic mass is 16.4. The molecule has 0 spiro atoms. The van der Waals surface area contributed by atoms with E-state index in [9.17, 15) is 9.90 Å². The SMILES string of the molecule is CCn1cc(C(O)C(C)C(C)C(=O)O)cn1. The molecule has 0 aliphatic rings. The number of aryl methyl sites for hydroxylation is 1. The first-order valence-electron chi connectivity index (χ1n) is 5.40. The number of carbonyl (C=O) groups is 1. The van der Waals surface area contributed by atoms with Crippen LogP contribution in [0.3, 0.4) is 0 Å². The molecule has 0 bridgehead atoms. The van der Waals surface area contributed by atoms with Gasteiger partial charge in [-0.05, 0) is 12.8 Å². The van der Waals surface area contributed by atoms with Crippen molar-refractivity contribution in [1.29, 1.82) is 0 Å². The summed E-state index contributed by atoms with van der Waals surface area (Å²) in [5, 5.41) is 22.9. The second kappa shape index (κ2) is 5.12. The molecule has 5 nitrogen and oxygen atoms in total. The molecule has 3 unspecified atom stereocenters. The van der Waals surface area contributed by atoms with E-state index in [1.54, 1.807) is 30.9 Å². The number of carboxylic acid groups (broad SMARTS) is 1. The zero-order valence-electron chi connectivity index (χ0n) is 9.79. The molecular formula is C11H18N2O3. The molecule has 0 saturated carbocycles. The molecule has 16 heavy (non-hydrogen) atoms. The number of aliphatic hydroxyl groups excluding tert-OH is 1. The Kier molecular flexibility index (Phi) is 4.06. The van der Waals surface area contributed by atoms with Crippen molar-refractivity contribution in [2.75, 3.05) is 0 Å². The fourth-order valence-electron chi connectivity index (χ4n) is 1.51. The Balaban J connectivity index is 2.76. The summed E-state index contributed by atoms with van der Waals surface area (Å²) in [7, 11) is 0. The van der Waals surface area contributed by atoms with Gasteiger partial charge in [0, 0.05) is 18.3 Å². The van der Waals surface area contributed by atoms with Crippen LogP contribution in [0.15, 0.2) is 12.4 Å². The van der Waals surface area contributed by atoms with Crippen LogP contribution in [-0.2, 0) is 11.3 Å². The Labute approximate surface area is 94.7 Å². The van der Waals surface area contributed by atoms with Crippen LogP contribution in [0.5, 0.6) is 0 Å². The molecule has 0 saturated heterocycles. The molecule has 1 aromatic heterocycles. The molecule has 0 aliphatic heterocycles. The van der Waals surface area contributed by atoms with Crippen LogP contribution in [0.25, 0.3) is 0 Å². The van der Waals surface area contributed by atoms with E-state index in [0.29, 0.717) is 5.56 Å². The largest absolute Gasteiger partial charge is 0.481 e. The highest BCUT2D eigenvalue weighted by Gasteiger charge is 2.27. The monoisotopic (exact) mass is 226 g/mol. The minimum Gasteiger partial charge on any atom is -0.481 e. The molecule has 0 aliphatic carbocycles. The third-order valence-corrected chi connectivity index (χ3v) is 2.99. The molecule has 5 heteroatoms. The quantitative estimate of drug-likeness (QED) is 0.793. The third-order valence-electron chi connectivity index (χ3n) is 2.99. The number of nitrogens with zero attached hydrogens (tertiary/aromatic N) is 2. The number of carboxylic acids is 1. The summed E-state index contributed by atoms with van der Waals surface area (Å²) in [5.41, 5.74) is 0.669. The Hall–Kier alpha value is -1.36. The molecule has 1 aromatic rings. The summed E-state index contributed by atoms with van der Waals surface area (Å²) < 4.78 is 1.71. The van der Waals surface area contributed by atoms with Crippen molar-refractivity contribution in [2.45, 2.75) is 33.4 Å². The van der Waals surface area contributed by atoms with Crippen LogP contribution in [-0.4, -0.2) is 26.0 Å². The second-order valence-corrected chi connectivity index (χ2v) is 4.06. The number of aliphatic carboxylic acids is 1. The van der Waals surface area contributed by atoms with Gasteiger partial charge in [0.15, 0.2) is 0 Å². The van der Waals surface area contributed by atoms with E-state index in [2.05, 4.69) is 5.10 Å². The van der Waals surface area contributed by atoms with Crippen molar-refractivity contribution in [3.05, 3.63) is 18.0 Å². The Morgan fingerprint density at radius 3 is 2.62 bits per heavy atom. The first-order valence-corrected chi connectivity index (χ1v) is 5.40. The van der Waals surface area contributed by atoms with Gasteiger partial charge in [0.05, 0.1) is 18.2 Å². The third kappa shape index (κ3) is 2.61. The van der Waals surface area contributed by atoms with Gasteiger partial charge in [-0.2, -0.15) is 5.10 Å². The van der Waals surface area contributed by atoms with Gasteiger partial charge in [-0.1, -0.05) is 13.8 Å². The summed E-state index contributed by atoms with van der Waals surface area (Å²) in [6.07, 6.45) is 2.54. The molecule has 0 aromatic carbocycles. The highest BCUT2D eigenvalue weighted by Crippen LogP contribution is 2.27. The summed E-state index contributed by atoms with van der Waals surface area (Å²) in [5.74, 6) is -1.82. The standard InChI is InChI=1S/C11H18N2O3/c1-4-13-6-9(5-12-13)10(14)7(2)8(3)11(15)16/h5-8,10,14H,4H2,1-3H3,(H,15,16). The van der Waals surface area contributed by atoms with E-state index in [1.165, 1.54) is 0 Å². The lowest BCUT2D eigenvalue weighted by Gasteiger charge is -2.21. The lowest BCUT2D eigenvalue weighted by Crippen LogP contribution is -2.23. The van der Waals surface area contributed by atoms with Gasteiger partial charge >= 0.3 is 5.97 Å². The Bertz CT molecular complexity index is 362. The Morgan fingerprint density at radius 1 is 1.56 bits per heavy atom. The van der Waals surface area contributed by atoms with Gasteiger partial charge in [0.2, 0.25) is 0 Å². The molecule has 0 fully saturated rings. The highest BCUT2D eigenvalue weighted by molar-refractivity contribution is 5.69. The topological polar surface area (TPSA) is 75.4 Å². The zero-order chi connectivity index (χ0) is 12.3. The molecule has 2 N–H and O–H groups in total. The smallest absolute Gasteiger partial charge is 0.306 e. The van der Waals surface area contributed by atoms with E-state index in [1.807, 2.05) is 6.92 Å². The van der Waals surface area contributed by atoms with E-state index < -0.39 is 18.0 Å². The summed E-state index contributed by atoms with van der Waals surface area (Å²) in [4.78, 5) is 10.8. The lowest BCUT2D eigenvalue weighted by atomic mass is 9.88. The van der Waals surface area contributed by atoms with Crippen molar-refractivity contribution in [3.63, 3.8) is 0 Å². The van der Waals surface area contributed by atoms with Gasteiger partial charge < -0.3 is 10.2 Å². The second-order valence-electron chi connectivity index (χ2n) is 4.06. The van der Waals surface area contributed by atoms with Crippen LogP contribution < -0.4 is 0 Å². The average molecular weight is 226 g/mol. The summed E-state index contributed by atoms with van der Waals surface area (Å²) in [6.45, 7) is 6.01. The van der Waals surface area contributed by atoms with E-state index in [4.69, 9.17) is 5.11 Å². The minimum atomic E-state index is -0.894. The van der Waals surface area contributed by atoms with Crippen LogP contribution in [0.1, 0.15) is 32.4 Å². The van der Waals surface area contributed by atoms with Crippen LogP contribution in [0, 0.1) is 11.8 Å². The van der Waals surface area contributed by atoms with Gasteiger partial charge in [0.25, 0.3) is 0 Å². The van der Waals surface area contributed by atoms with Crippen LogP contribution in [0.2, 0.25) is 0 Å². The van der Waals surface area contributed by atoms with E-state index in [0.717, 1.165) is 6.54 Å². The lowest BCUT2D eigenvalue weighted by molar-refractivity contribution is -0.144. The summed E-state index contributed by atoms with van der Waals surface area (Å²) in [6, 6.07) is 0. The Morgan fingerprint density at radius 2 is 2.19 bits per heavy atom. The van der Waals surface area contributed by atoms with Gasteiger partial charge in [-0.15, -0.1) is 0 Å². The predicted octanol–water partition coefficient (Wildman–Crippen LogP) is 1.29.